The van der Waals surface area contributed by atoms with Crippen molar-refractivity contribution in [3.63, 3.8) is 0 Å². The van der Waals surface area contributed by atoms with Crippen molar-refractivity contribution < 1.29 is 9.53 Å². The Morgan fingerprint density at radius 1 is 0.611 bits per heavy atom. The zero-order valence-electron chi connectivity index (χ0n) is 19.2. The molecule has 0 spiro atoms. The molecule has 0 atom stereocenters. The molecule has 4 aromatic carbocycles. The van der Waals surface area contributed by atoms with Crippen molar-refractivity contribution in [3.05, 3.63) is 142 Å². The van der Waals surface area contributed by atoms with E-state index in [4.69, 9.17) is 15.3 Å². The van der Waals surface area contributed by atoms with Gasteiger partial charge in [-0.1, -0.05) is 54.0 Å². The molecule has 0 saturated carbocycles. The number of benzene rings is 4. The maximum absolute atomic E-state index is 13.0. The van der Waals surface area contributed by atoms with Gasteiger partial charge in [-0.2, -0.15) is 10.5 Å². The number of carbonyl (C=O) groups excluding carboxylic acids is 1. The Labute approximate surface area is 210 Å². The number of hydrogen-bond donors (Lipinski definition) is 0. The van der Waals surface area contributed by atoms with Crippen LogP contribution in [0.15, 0.2) is 97.1 Å². The van der Waals surface area contributed by atoms with Crippen molar-refractivity contribution in [2.45, 2.75) is 6.61 Å². The SMILES string of the molecule is N#Cc1ccc(C#Cc2ccc(C#Cc3ccc(C#N)cc3)c(C(=O)OCc3ccccc3)c2)cc1. The molecule has 0 saturated heterocycles. The lowest BCUT2D eigenvalue weighted by molar-refractivity contribution is 0.0472. The van der Waals surface area contributed by atoms with Gasteiger partial charge < -0.3 is 4.74 Å². The third-order valence-corrected chi connectivity index (χ3v) is 5.17. The highest BCUT2D eigenvalue weighted by Crippen LogP contribution is 2.15. The summed E-state index contributed by atoms with van der Waals surface area (Å²) in [5, 5.41) is 17.9. The molecule has 0 radical (unpaired) electrons. The fraction of sp³-hybridized carbons (Fsp3) is 0.0312. The lowest BCUT2D eigenvalue weighted by atomic mass is 10.0. The lowest BCUT2D eigenvalue weighted by Crippen LogP contribution is -2.08. The van der Waals surface area contributed by atoms with Gasteiger partial charge in [-0.25, -0.2) is 4.79 Å². The quantitative estimate of drug-likeness (QED) is 0.294. The second-order valence-corrected chi connectivity index (χ2v) is 7.70. The number of esters is 1. The Bertz CT molecular complexity index is 1600. The van der Waals surface area contributed by atoms with Crippen LogP contribution in [0.2, 0.25) is 0 Å². The first-order chi connectivity index (χ1) is 17.6. The summed E-state index contributed by atoms with van der Waals surface area (Å²) in [6.45, 7) is 0.142. The Hall–Kier alpha value is -5.55. The second-order valence-electron chi connectivity index (χ2n) is 7.70. The van der Waals surface area contributed by atoms with E-state index in [1.807, 2.05) is 30.3 Å². The third kappa shape index (κ3) is 6.27. The van der Waals surface area contributed by atoms with Crippen LogP contribution in [0.3, 0.4) is 0 Å². The van der Waals surface area contributed by atoms with Gasteiger partial charge in [-0.15, -0.1) is 0 Å². The van der Waals surface area contributed by atoms with E-state index >= 15 is 0 Å². The van der Waals surface area contributed by atoms with E-state index in [9.17, 15) is 4.79 Å². The van der Waals surface area contributed by atoms with Crippen molar-refractivity contribution in [3.8, 4) is 35.8 Å². The van der Waals surface area contributed by atoms with Gasteiger partial charge in [0.1, 0.15) is 6.61 Å². The second kappa shape index (κ2) is 11.5. The lowest BCUT2D eigenvalue weighted by Gasteiger charge is -2.07. The maximum Gasteiger partial charge on any atom is 0.339 e. The number of ether oxygens (including phenoxy) is 1. The van der Waals surface area contributed by atoms with Crippen LogP contribution in [0.25, 0.3) is 0 Å². The fourth-order valence-electron chi connectivity index (χ4n) is 3.24. The third-order valence-electron chi connectivity index (χ3n) is 5.17. The molecule has 0 N–H and O–H groups in total. The van der Waals surface area contributed by atoms with E-state index in [0.29, 0.717) is 27.8 Å². The van der Waals surface area contributed by atoms with E-state index in [0.717, 1.165) is 16.7 Å². The molecule has 0 unspecified atom stereocenters. The number of carbonyl (C=O) groups is 1. The number of nitrogens with zero attached hydrogens (tertiary/aromatic N) is 2. The normalized spacial score (nSPS) is 9.39. The highest BCUT2D eigenvalue weighted by Gasteiger charge is 2.13. The number of hydrogen-bond acceptors (Lipinski definition) is 4. The molecule has 0 aliphatic rings. The first-order valence-electron chi connectivity index (χ1n) is 11.0. The monoisotopic (exact) mass is 462 g/mol. The Morgan fingerprint density at radius 2 is 1.11 bits per heavy atom. The van der Waals surface area contributed by atoms with Crippen LogP contribution in [-0.4, -0.2) is 5.97 Å². The van der Waals surface area contributed by atoms with Crippen LogP contribution in [0.4, 0.5) is 0 Å². The van der Waals surface area contributed by atoms with Crippen LogP contribution in [0, 0.1) is 46.3 Å². The topological polar surface area (TPSA) is 73.9 Å². The molecule has 168 valence electrons. The molecule has 0 fully saturated rings. The van der Waals surface area contributed by atoms with Crippen LogP contribution < -0.4 is 0 Å². The molecular formula is C32H18N2O2. The minimum absolute atomic E-state index is 0.142. The highest BCUT2D eigenvalue weighted by molar-refractivity contribution is 5.93. The molecule has 0 aromatic heterocycles. The van der Waals surface area contributed by atoms with Gasteiger partial charge >= 0.3 is 5.97 Å². The van der Waals surface area contributed by atoms with Crippen LogP contribution in [-0.2, 0) is 11.3 Å². The van der Waals surface area contributed by atoms with Gasteiger partial charge in [0.05, 0.1) is 28.8 Å². The molecule has 4 heteroatoms. The molecule has 4 aromatic rings. The molecule has 0 aliphatic carbocycles. The molecule has 0 bridgehead atoms. The Morgan fingerprint density at radius 3 is 1.69 bits per heavy atom. The van der Waals surface area contributed by atoms with Crippen molar-refractivity contribution in [2.24, 2.45) is 0 Å². The fourth-order valence-corrected chi connectivity index (χ4v) is 3.24. The van der Waals surface area contributed by atoms with Gasteiger partial charge in [0, 0.05) is 22.3 Å². The summed E-state index contributed by atoms with van der Waals surface area (Å²) < 4.78 is 5.56. The van der Waals surface area contributed by atoms with Crippen molar-refractivity contribution in [2.75, 3.05) is 0 Å². The summed E-state index contributed by atoms with van der Waals surface area (Å²) in [4.78, 5) is 13.0. The van der Waals surface area contributed by atoms with E-state index in [-0.39, 0.29) is 6.61 Å². The zero-order valence-corrected chi connectivity index (χ0v) is 19.2. The summed E-state index contributed by atoms with van der Waals surface area (Å²) in [5.41, 5.74) is 4.95. The summed E-state index contributed by atoms with van der Waals surface area (Å²) >= 11 is 0. The summed E-state index contributed by atoms with van der Waals surface area (Å²) in [5.74, 6) is 11.7. The van der Waals surface area contributed by atoms with Gasteiger partial charge in [0.25, 0.3) is 0 Å². The highest BCUT2D eigenvalue weighted by atomic mass is 16.5. The smallest absolute Gasteiger partial charge is 0.339 e. The molecule has 0 aliphatic heterocycles. The molecule has 0 heterocycles. The zero-order chi connectivity index (χ0) is 25.2. The first kappa shape index (κ1) is 23.6. The largest absolute Gasteiger partial charge is 0.457 e. The molecule has 36 heavy (non-hydrogen) atoms. The standard InChI is InChI=1S/C32H18N2O2/c33-21-27-12-7-24(8-13-27)6-11-26-17-19-30(18-16-25-9-14-28(22-34)15-10-25)31(20-26)32(35)36-23-29-4-2-1-3-5-29/h1-5,7-10,12-15,17,19-20H,23H2. The molecular weight excluding hydrogens is 444 g/mol. The molecule has 4 nitrogen and oxygen atoms in total. The van der Waals surface area contributed by atoms with Crippen LogP contribution in [0.5, 0.6) is 0 Å². The van der Waals surface area contributed by atoms with Gasteiger partial charge in [-0.3, -0.25) is 0 Å². The average Bonchev–Trinajstić information content (AvgIpc) is 2.95. The Kier molecular flexibility index (Phi) is 7.57. The molecule has 0 amide bonds. The Balaban J connectivity index is 1.64. The predicted octanol–water partition coefficient (Wildman–Crippen LogP) is 5.59. The summed E-state index contributed by atoms with van der Waals surface area (Å²) in [6, 6.07) is 32.7. The minimum atomic E-state index is -0.495. The van der Waals surface area contributed by atoms with E-state index in [1.54, 1.807) is 66.7 Å². The summed E-state index contributed by atoms with van der Waals surface area (Å²) in [7, 11) is 0. The van der Waals surface area contributed by atoms with Gasteiger partial charge in [0.2, 0.25) is 0 Å². The van der Waals surface area contributed by atoms with Crippen molar-refractivity contribution >= 4 is 5.97 Å². The van der Waals surface area contributed by atoms with E-state index < -0.39 is 5.97 Å². The van der Waals surface area contributed by atoms with Gasteiger partial charge in [-0.05, 0) is 72.3 Å². The van der Waals surface area contributed by atoms with Gasteiger partial charge in [0.15, 0.2) is 0 Å². The van der Waals surface area contributed by atoms with E-state index in [2.05, 4.69) is 35.8 Å². The number of nitriles is 2. The van der Waals surface area contributed by atoms with E-state index in [1.165, 1.54) is 0 Å². The maximum atomic E-state index is 13.0. The molecule has 4 rings (SSSR count). The minimum Gasteiger partial charge on any atom is -0.457 e. The average molecular weight is 463 g/mol. The van der Waals surface area contributed by atoms with Crippen LogP contribution >= 0.6 is 0 Å². The predicted molar refractivity (Wildman–Crippen MR) is 136 cm³/mol. The summed E-state index contributed by atoms with van der Waals surface area (Å²) in [6.07, 6.45) is 0. The first-order valence-corrected chi connectivity index (χ1v) is 11.0. The number of rotatable bonds is 3. The van der Waals surface area contributed by atoms with Crippen LogP contribution in [0.1, 0.15) is 49.3 Å². The van der Waals surface area contributed by atoms with Crippen molar-refractivity contribution in [1.29, 1.82) is 10.5 Å². The van der Waals surface area contributed by atoms with Crippen molar-refractivity contribution in [1.82, 2.24) is 0 Å².